The molecule has 3 aromatic rings. The Morgan fingerprint density at radius 1 is 1.17 bits per heavy atom. The molecule has 2 aromatic carbocycles. The van der Waals surface area contributed by atoms with Crippen molar-refractivity contribution >= 4 is 26.7 Å². The Morgan fingerprint density at radius 2 is 1.90 bits per heavy atom. The number of hydrogen-bond acceptors (Lipinski definition) is 4. The van der Waals surface area contributed by atoms with E-state index in [1.165, 1.54) is 12.1 Å². The molecule has 1 aliphatic heterocycles. The van der Waals surface area contributed by atoms with Crippen molar-refractivity contribution in [2.75, 3.05) is 11.5 Å². The summed E-state index contributed by atoms with van der Waals surface area (Å²) in [4.78, 5) is 14.9. The lowest BCUT2D eigenvalue weighted by molar-refractivity contribution is -0.133. The first kappa shape index (κ1) is 20.6. The van der Waals surface area contributed by atoms with E-state index < -0.39 is 9.84 Å². The predicted molar refractivity (Wildman–Crippen MR) is 113 cm³/mol. The molecule has 1 aromatic heterocycles. The molecular formula is C23H24FNO4S. The van der Waals surface area contributed by atoms with Crippen molar-refractivity contribution in [2.45, 2.75) is 39.3 Å². The number of rotatable bonds is 5. The second-order valence-corrected chi connectivity index (χ2v) is 10.3. The van der Waals surface area contributed by atoms with Crippen LogP contribution in [0.25, 0.3) is 11.0 Å². The maximum Gasteiger partial charge on any atom is 0.227 e. The molecule has 1 unspecified atom stereocenters. The number of sulfone groups is 1. The fourth-order valence-electron chi connectivity index (χ4n) is 4.02. The smallest absolute Gasteiger partial charge is 0.227 e. The second-order valence-electron chi connectivity index (χ2n) is 8.03. The van der Waals surface area contributed by atoms with Gasteiger partial charge in [-0.25, -0.2) is 12.8 Å². The molecular weight excluding hydrogens is 405 g/mol. The first-order chi connectivity index (χ1) is 14.2. The number of carbonyl (C=O) groups excluding carboxylic acids is 1. The zero-order valence-corrected chi connectivity index (χ0v) is 17.8. The molecule has 4 rings (SSSR count). The Morgan fingerprint density at radius 3 is 2.57 bits per heavy atom. The number of amides is 1. The largest absolute Gasteiger partial charge is 0.464 e. The highest BCUT2D eigenvalue weighted by Crippen LogP contribution is 2.28. The third-order valence-electron chi connectivity index (χ3n) is 5.92. The Bertz CT molecular complexity index is 1200. The van der Waals surface area contributed by atoms with Gasteiger partial charge in [-0.1, -0.05) is 24.3 Å². The average Bonchev–Trinajstić information content (AvgIpc) is 3.27. The molecule has 0 N–H and O–H groups in total. The van der Waals surface area contributed by atoms with E-state index >= 15 is 0 Å². The lowest BCUT2D eigenvalue weighted by Crippen LogP contribution is -2.41. The van der Waals surface area contributed by atoms with Crippen molar-refractivity contribution in [2.24, 2.45) is 0 Å². The van der Waals surface area contributed by atoms with Crippen LogP contribution in [0.4, 0.5) is 4.39 Å². The van der Waals surface area contributed by atoms with Crippen molar-refractivity contribution < 1.29 is 22.0 Å². The number of nitrogens with zero attached hydrogens (tertiary/aromatic N) is 1. The predicted octanol–water partition coefficient (Wildman–Crippen LogP) is 3.95. The fourth-order valence-corrected chi connectivity index (χ4v) is 5.75. The number of carbonyl (C=O) groups is 1. The topological polar surface area (TPSA) is 67.6 Å². The zero-order chi connectivity index (χ0) is 21.5. The quantitative estimate of drug-likeness (QED) is 0.616. The highest BCUT2D eigenvalue weighted by molar-refractivity contribution is 7.91. The molecule has 5 nitrogen and oxygen atoms in total. The maximum atomic E-state index is 13.3. The summed E-state index contributed by atoms with van der Waals surface area (Å²) in [6.07, 6.45) is 2.14. The molecule has 1 fully saturated rings. The molecule has 2 heterocycles. The Balaban J connectivity index is 1.62. The van der Waals surface area contributed by atoms with Crippen LogP contribution >= 0.6 is 0 Å². The van der Waals surface area contributed by atoms with E-state index in [0.29, 0.717) is 6.42 Å². The summed E-state index contributed by atoms with van der Waals surface area (Å²) in [6, 6.07) is 9.51. The summed E-state index contributed by atoms with van der Waals surface area (Å²) in [6.45, 7) is 4.23. The van der Waals surface area contributed by atoms with Gasteiger partial charge in [0.25, 0.3) is 0 Å². The lowest BCUT2D eigenvalue weighted by atomic mass is 10.0. The highest BCUT2D eigenvalue weighted by Gasteiger charge is 2.35. The summed E-state index contributed by atoms with van der Waals surface area (Å²) in [5.74, 6) is -0.472. The van der Waals surface area contributed by atoms with Gasteiger partial charge < -0.3 is 9.32 Å². The van der Waals surface area contributed by atoms with Gasteiger partial charge in [-0.05, 0) is 49.1 Å². The van der Waals surface area contributed by atoms with Gasteiger partial charge in [0.05, 0.1) is 24.2 Å². The van der Waals surface area contributed by atoms with E-state index in [2.05, 4.69) is 0 Å². The third-order valence-corrected chi connectivity index (χ3v) is 7.67. The fraction of sp³-hybridized carbons (Fsp3) is 0.348. The Labute approximate surface area is 175 Å². The zero-order valence-electron chi connectivity index (χ0n) is 17.0. The minimum Gasteiger partial charge on any atom is -0.464 e. The third kappa shape index (κ3) is 4.12. The maximum absolute atomic E-state index is 13.3. The molecule has 0 saturated carbocycles. The summed E-state index contributed by atoms with van der Waals surface area (Å²) in [5.41, 5.74) is 4.46. The van der Waals surface area contributed by atoms with Gasteiger partial charge in [-0.15, -0.1) is 0 Å². The van der Waals surface area contributed by atoms with E-state index in [1.54, 1.807) is 23.3 Å². The second kappa shape index (κ2) is 7.87. The van der Waals surface area contributed by atoms with Crippen LogP contribution in [0, 0.1) is 19.7 Å². The molecule has 30 heavy (non-hydrogen) atoms. The normalized spacial score (nSPS) is 18.0. The number of aryl methyl sites for hydroxylation is 2. The van der Waals surface area contributed by atoms with Gasteiger partial charge in [0.15, 0.2) is 9.84 Å². The van der Waals surface area contributed by atoms with Gasteiger partial charge in [-0.2, -0.15) is 0 Å². The lowest BCUT2D eigenvalue weighted by Gasteiger charge is -2.28. The van der Waals surface area contributed by atoms with Gasteiger partial charge in [0.2, 0.25) is 5.91 Å². The van der Waals surface area contributed by atoms with Crippen molar-refractivity contribution in [3.8, 4) is 0 Å². The molecule has 0 spiro atoms. The van der Waals surface area contributed by atoms with Crippen molar-refractivity contribution in [1.82, 2.24) is 4.90 Å². The molecule has 7 heteroatoms. The Hall–Kier alpha value is -2.67. The first-order valence-corrected chi connectivity index (χ1v) is 11.8. The SMILES string of the molecule is Cc1ccc2c(CC(=O)N(Cc3ccc(F)cc3)C3CCS(=O)(=O)C3)coc2c1C. The van der Waals surface area contributed by atoms with Crippen molar-refractivity contribution in [1.29, 1.82) is 0 Å². The number of furan rings is 1. The minimum absolute atomic E-state index is 0.0373. The van der Waals surface area contributed by atoms with Crippen LogP contribution < -0.4 is 0 Å². The monoisotopic (exact) mass is 429 g/mol. The van der Waals surface area contributed by atoms with Crippen molar-refractivity contribution in [3.63, 3.8) is 0 Å². The summed E-state index contributed by atoms with van der Waals surface area (Å²) >= 11 is 0. The van der Waals surface area contributed by atoms with E-state index in [-0.39, 0.29) is 42.2 Å². The van der Waals surface area contributed by atoms with Crippen molar-refractivity contribution in [3.05, 3.63) is 70.7 Å². The molecule has 1 atom stereocenters. The van der Waals surface area contributed by atoms with E-state index in [0.717, 1.165) is 33.2 Å². The number of benzene rings is 2. The number of hydrogen-bond donors (Lipinski definition) is 0. The number of fused-ring (bicyclic) bond motifs is 1. The van der Waals surface area contributed by atoms with Crippen LogP contribution in [0.15, 0.2) is 47.1 Å². The molecule has 0 bridgehead atoms. The molecule has 0 radical (unpaired) electrons. The average molecular weight is 430 g/mol. The van der Waals surface area contributed by atoms with Gasteiger partial charge >= 0.3 is 0 Å². The molecule has 1 saturated heterocycles. The standard InChI is InChI=1S/C23H24FNO4S/c1-15-3-8-21-18(13-29-23(21)16(15)2)11-22(26)25(20-9-10-30(27,28)14-20)12-17-4-6-19(24)7-5-17/h3-8,13,20H,9-12,14H2,1-2H3. The van der Waals surface area contributed by atoms with Crippen LogP contribution in [0.1, 0.15) is 28.7 Å². The van der Waals surface area contributed by atoms with Gasteiger partial charge in [0, 0.05) is 23.5 Å². The summed E-state index contributed by atoms with van der Waals surface area (Å²) < 4.78 is 43.0. The van der Waals surface area contributed by atoms with Crippen LogP contribution in [0.2, 0.25) is 0 Å². The molecule has 1 aliphatic rings. The van der Waals surface area contributed by atoms with E-state index in [1.807, 2.05) is 26.0 Å². The molecule has 158 valence electrons. The minimum atomic E-state index is -3.15. The van der Waals surface area contributed by atoms with Gasteiger partial charge in [-0.3, -0.25) is 4.79 Å². The Kier molecular flexibility index (Phi) is 5.40. The van der Waals surface area contributed by atoms with Crippen LogP contribution in [-0.2, 0) is 27.6 Å². The van der Waals surface area contributed by atoms with E-state index in [9.17, 15) is 17.6 Å². The molecule has 0 aliphatic carbocycles. The molecule has 1 amide bonds. The van der Waals surface area contributed by atoms with Crippen LogP contribution in [0.5, 0.6) is 0 Å². The van der Waals surface area contributed by atoms with Gasteiger partial charge in [0.1, 0.15) is 11.4 Å². The highest BCUT2D eigenvalue weighted by atomic mass is 32.2. The number of halogens is 1. The van der Waals surface area contributed by atoms with Crippen LogP contribution in [-0.4, -0.2) is 36.8 Å². The summed E-state index contributed by atoms with van der Waals surface area (Å²) in [5, 5.41) is 0.896. The van der Waals surface area contributed by atoms with Crippen LogP contribution in [0.3, 0.4) is 0 Å². The van der Waals surface area contributed by atoms with E-state index in [4.69, 9.17) is 4.42 Å². The summed E-state index contributed by atoms with van der Waals surface area (Å²) in [7, 11) is -3.15. The first-order valence-electron chi connectivity index (χ1n) is 9.94.